The summed E-state index contributed by atoms with van der Waals surface area (Å²) in [5, 5.41) is 12.3. The maximum atomic E-state index is 12.2. The predicted octanol–water partition coefficient (Wildman–Crippen LogP) is 2.91. The zero-order valence-electron chi connectivity index (χ0n) is 14.1. The Bertz CT molecular complexity index is 1020. The van der Waals surface area contributed by atoms with Crippen LogP contribution in [0.25, 0.3) is 16.7 Å². The second-order valence-corrected chi connectivity index (χ2v) is 5.99. The normalized spacial score (nSPS) is 10.9. The lowest BCUT2D eigenvalue weighted by atomic mass is 10.1. The van der Waals surface area contributed by atoms with Crippen molar-refractivity contribution in [2.75, 3.05) is 6.54 Å². The average molecular weight is 346 g/mol. The molecule has 4 aromatic rings. The van der Waals surface area contributed by atoms with Crippen LogP contribution in [-0.4, -0.2) is 27.4 Å². The smallest absolute Gasteiger partial charge is 0.226 e. The minimum atomic E-state index is -0.0773. The number of hydrogen-bond acceptors (Lipinski definition) is 4. The van der Waals surface area contributed by atoms with E-state index in [4.69, 9.17) is 4.52 Å². The molecule has 0 aliphatic heterocycles. The highest BCUT2D eigenvalue weighted by Crippen LogP contribution is 2.17. The van der Waals surface area contributed by atoms with Crippen LogP contribution in [0.4, 0.5) is 0 Å². The Balaban J connectivity index is 1.31. The lowest BCUT2D eigenvalue weighted by Crippen LogP contribution is -2.27. The largest absolute Gasteiger partial charge is 0.356 e. The van der Waals surface area contributed by atoms with Crippen molar-refractivity contribution in [3.05, 3.63) is 78.2 Å². The number of benzene rings is 2. The Morgan fingerprint density at radius 3 is 2.73 bits per heavy atom. The zero-order valence-corrected chi connectivity index (χ0v) is 14.1. The summed E-state index contributed by atoms with van der Waals surface area (Å²) in [5.41, 5.74) is 3.30. The summed E-state index contributed by atoms with van der Waals surface area (Å²) in [5.74, 6) is -0.0773. The van der Waals surface area contributed by atoms with Crippen LogP contribution in [-0.2, 0) is 17.6 Å². The number of fused-ring (bicyclic) bond motifs is 1. The SMILES string of the molecule is O=C(Cc1noc2ccccc12)NCCc1ccn(-c2ccccc2)n1. The Morgan fingerprint density at radius 2 is 1.85 bits per heavy atom. The highest BCUT2D eigenvalue weighted by molar-refractivity contribution is 5.86. The molecule has 0 bridgehead atoms. The van der Waals surface area contributed by atoms with Gasteiger partial charge in [-0.05, 0) is 30.3 Å². The van der Waals surface area contributed by atoms with Crippen LogP contribution in [0, 0.1) is 0 Å². The van der Waals surface area contributed by atoms with Crippen LogP contribution in [0.5, 0.6) is 0 Å². The molecule has 0 saturated carbocycles. The second kappa shape index (κ2) is 7.23. The number of para-hydroxylation sites is 2. The molecule has 1 amide bonds. The topological polar surface area (TPSA) is 73.0 Å². The Kier molecular flexibility index (Phi) is 4.47. The number of nitrogens with zero attached hydrogens (tertiary/aromatic N) is 3. The molecule has 0 atom stereocenters. The minimum absolute atomic E-state index is 0.0773. The molecular weight excluding hydrogens is 328 g/mol. The third-order valence-corrected chi connectivity index (χ3v) is 4.15. The van der Waals surface area contributed by atoms with E-state index in [9.17, 15) is 4.79 Å². The van der Waals surface area contributed by atoms with Crippen LogP contribution in [0.1, 0.15) is 11.4 Å². The lowest BCUT2D eigenvalue weighted by molar-refractivity contribution is -0.120. The van der Waals surface area contributed by atoms with Crippen molar-refractivity contribution in [2.24, 2.45) is 0 Å². The van der Waals surface area contributed by atoms with Gasteiger partial charge >= 0.3 is 0 Å². The van der Waals surface area contributed by atoms with E-state index in [1.165, 1.54) is 0 Å². The van der Waals surface area contributed by atoms with Gasteiger partial charge < -0.3 is 9.84 Å². The van der Waals surface area contributed by atoms with Crippen molar-refractivity contribution in [3.63, 3.8) is 0 Å². The molecule has 4 rings (SSSR count). The quantitative estimate of drug-likeness (QED) is 0.583. The fraction of sp³-hybridized carbons (Fsp3) is 0.150. The highest BCUT2D eigenvalue weighted by atomic mass is 16.5. The fourth-order valence-corrected chi connectivity index (χ4v) is 2.83. The van der Waals surface area contributed by atoms with Crippen LogP contribution in [0.15, 0.2) is 71.4 Å². The molecule has 2 aromatic heterocycles. The van der Waals surface area contributed by atoms with Gasteiger partial charge in [-0.3, -0.25) is 4.79 Å². The first-order valence-corrected chi connectivity index (χ1v) is 8.49. The summed E-state index contributed by atoms with van der Waals surface area (Å²) in [6.07, 6.45) is 2.80. The molecule has 2 heterocycles. The summed E-state index contributed by atoms with van der Waals surface area (Å²) < 4.78 is 7.06. The van der Waals surface area contributed by atoms with Crippen molar-refractivity contribution in [1.29, 1.82) is 0 Å². The van der Waals surface area contributed by atoms with Gasteiger partial charge in [-0.2, -0.15) is 5.10 Å². The van der Waals surface area contributed by atoms with Gasteiger partial charge in [0, 0.05) is 24.5 Å². The summed E-state index contributed by atoms with van der Waals surface area (Å²) in [4.78, 5) is 12.2. The van der Waals surface area contributed by atoms with Gasteiger partial charge in [0.2, 0.25) is 5.91 Å². The zero-order chi connectivity index (χ0) is 17.8. The van der Waals surface area contributed by atoms with Gasteiger partial charge in [-0.25, -0.2) is 4.68 Å². The van der Waals surface area contributed by atoms with Crippen molar-refractivity contribution < 1.29 is 9.32 Å². The van der Waals surface area contributed by atoms with E-state index in [2.05, 4.69) is 15.6 Å². The van der Waals surface area contributed by atoms with E-state index < -0.39 is 0 Å². The number of hydrogen-bond donors (Lipinski definition) is 1. The summed E-state index contributed by atoms with van der Waals surface area (Å²) >= 11 is 0. The number of nitrogens with one attached hydrogen (secondary N) is 1. The van der Waals surface area contributed by atoms with E-state index in [0.29, 0.717) is 24.2 Å². The molecule has 0 spiro atoms. The molecule has 2 aromatic carbocycles. The molecule has 0 unspecified atom stereocenters. The molecule has 0 fully saturated rings. The van der Waals surface area contributed by atoms with E-state index in [-0.39, 0.29) is 12.3 Å². The third-order valence-electron chi connectivity index (χ3n) is 4.15. The number of amides is 1. The van der Waals surface area contributed by atoms with E-state index in [0.717, 1.165) is 16.8 Å². The Morgan fingerprint density at radius 1 is 1.04 bits per heavy atom. The van der Waals surface area contributed by atoms with Crippen LogP contribution >= 0.6 is 0 Å². The van der Waals surface area contributed by atoms with Crippen LogP contribution in [0.2, 0.25) is 0 Å². The highest BCUT2D eigenvalue weighted by Gasteiger charge is 2.11. The maximum absolute atomic E-state index is 12.2. The molecule has 0 aliphatic rings. The lowest BCUT2D eigenvalue weighted by Gasteiger charge is -2.03. The third kappa shape index (κ3) is 3.49. The van der Waals surface area contributed by atoms with Gasteiger partial charge in [-0.1, -0.05) is 35.5 Å². The predicted molar refractivity (Wildman–Crippen MR) is 98.0 cm³/mol. The number of aromatic nitrogens is 3. The van der Waals surface area contributed by atoms with E-state index in [1.54, 1.807) is 0 Å². The fourth-order valence-electron chi connectivity index (χ4n) is 2.83. The maximum Gasteiger partial charge on any atom is 0.226 e. The first-order valence-electron chi connectivity index (χ1n) is 8.49. The monoisotopic (exact) mass is 346 g/mol. The van der Waals surface area contributed by atoms with Gasteiger partial charge in [0.15, 0.2) is 5.58 Å². The molecule has 26 heavy (non-hydrogen) atoms. The molecule has 6 heteroatoms. The molecular formula is C20H18N4O2. The number of carbonyl (C=O) groups excluding carboxylic acids is 1. The summed E-state index contributed by atoms with van der Waals surface area (Å²) in [6, 6.07) is 19.4. The van der Waals surface area contributed by atoms with Crippen molar-refractivity contribution in [3.8, 4) is 5.69 Å². The van der Waals surface area contributed by atoms with Crippen LogP contribution in [0.3, 0.4) is 0 Å². The van der Waals surface area contributed by atoms with E-state index in [1.807, 2.05) is 71.5 Å². The van der Waals surface area contributed by atoms with E-state index >= 15 is 0 Å². The average Bonchev–Trinajstić information content (AvgIpc) is 3.30. The Hall–Kier alpha value is -3.41. The van der Waals surface area contributed by atoms with Crippen LogP contribution < -0.4 is 5.32 Å². The van der Waals surface area contributed by atoms with Crippen molar-refractivity contribution in [2.45, 2.75) is 12.8 Å². The molecule has 130 valence electrons. The summed E-state index contributed by atoms with van der Waals surface area (Å²) in [7, 11) is 0. The van der Waals surface area contributed by atoms with Gasteiger partial charge in [0.1, 0.15) is 5.69 Å². The second-order valence-electron chi connectivity index (χ2n) is 5.99. The molecule has 0 aliphatic carbocycles. The molecule has 1 N–H and O–H groups in total. The number of rotatable bonds is 6. The molecule has 6 nitrogen and oxygen atoms in total. The first kappa shape index (κ1) is 16.1. The minimum Gasteiger partial charge on any atom is -0.356 e. The Labute approximate surface area is 150 Å². The van der Waals surface area contributed by atoms with Gasteiger partial charge in [0.05, 0.1) is 17.8 Å². The standard InChI is InChI=1S/C20H18N4O2/c25-20(14-18-17-8-4-5-9-19(17)26-23-18)21-12-10-15-11-13-24(22-15)16-6-2-1-3-7-16/h1-9,11,13H,10,12,14H2,(H,21,25). The van der Waals surface area contributed by atoms with Gasteiger partial charge in [0.25, 0.3) is 0 Å². The summed E-state index contributed by atoms with van der Waals surface area (Å²) in [6.45, 7) is 0.528. The van der Waals surface area contributed by atoms with Crippen molar-refractivity contribution >= 4 is 16.9 Å². The number of carbonyl (C=O) groups is 1. The van der Waals surface area contributed by atoms with Gasteiger partial charge in [-0.15, -0.1) is 0 Å². The van der Waals surface area contributed by atoms with Crippen molar-refractivity contribution in [1.82, 2.24) is 20.3 Å². The molecule has 0 radical (unpaired) electrons. The molecule has 0 saturated heterocycles. The first-order chi connectivity index (χ1) is 12.8.